The van der Waals surface area contributed by atoms with Gasteiger partial charge in [0.25, 0.3) is 0 Å². The summed E-state index contributed by atoms with van der Waals surface area (Å²) >= 11 is 0. The number of aromatic amines is 1. The van der Waals surface area contributed by atoms with Gasteiger partial charge >= 0.3 is 0 Å². The number of nitrogens with two attached hydrogens (primary N) is 1. The first-order valence-electron chi connectivity index (χ1n) is 8.92. The summed E-state index contributed by atoms with van der Waals surface area (Å²) in [5, 5.41) is 32.0. The number of H-pyrrole nitrogens is 1. The van der Waals surface area contributed by atoms with Gasteiger partial charge in [-0.05, 0) is 33.2 Å². The molecular formula is C18H20N6O4S. The Morgan fingerprint density at radius 3 is 2.62 bits per heavy atom. The van der Waals surface area contributed by atoms with Gasteiger partial charge in [-0.1, -0.05) is 36.4 Å². The molecule has 3 aromatic rings. The van der Waals surface area contributed by atoms with E-state index in [1.807, 2.05) is 24.3 Å². The number of nitrogens with zero attached hydrogens (tertiary/aromatic N) is 3. The zero-order valence-corrected chi connectivity index (χ0v) is 16.1. The second-order valence-electron chi connectivity index (χ2n) is 6.76. The van der Waals surface area contributed by atoms with Crippen molar-refractivity contribution in [1.29, 1.82) is 0 Å². The Balaban J connectivity index is 1.65. The SMILES string of the molecule is NS(=O)(=O)c1cccc(-c2ccc(CN[C@H]3COC[C@@H]3O)cc2)c1-c1nnn[nH]1. The van der Waals surface area contributed by atoms with Crippen molar-refractivity contribution < 1.29 is 18.3 Å². The lowest BCUT2D eigenvalue weighted by Crippen LogP contribution is -2.38. The molecule has 1 saturated heterocycles. The quantitative estimate of drug-likeness (QED) is 0.438. The molecule has 152 valence electrons. The molecule has 10 nitrogen and oxygen atoms in total. The Morgan fingerprint density at radius 2 is 2.00 bits per heavy atom. The van der Waals surface area contributed by atoms with Crippen LogP contribution < -0.4 is 10.5 Å². The van der Waals surface area contributed by atoms with E-state index in [2.05, 4.69) is 25.9 Å². The van der Waals surface area contributed by atoms with Crippen molar-refractivity contribution in [3.8, 4) is 22.5 Å². The van der Waals surface area contributed by atoms with Gasteiger partial charge in [0.1, 0.15) is 0 Å². The van der Waals surface area contributed by atoms with Crippen molar-refractivity contribution >= 4 is 10.0 Å². The van der Waals surface area contributed by atoms with Gasteiger partial charge in [-0.25, -0.2) is 18.7 Å². The third-order valence-electron chi connectivity index (χ3n) is 4.80. The molecule has 1 fully saturated rings. The standard InChI is InChI=1S/C18H20N6O4S/c19-29(26,27)16-3-1-2-13(17(16)18-21-23-24-22-18)12-6-4-11(5-7-12)8-20-14-9-28-10-15(14)25/h1-7,14-15,20,25H,8-10H2,(H2,19,26,27)(H,21,22,23,24)/t14-,15-/m0/s1. The second kappa shape index (κ2) is 7.97. The van der Waals surface area contributed by atoms with Gasteiger partial charge in [-0.15, -0.1) is 5.10 Å². The molecule has 2 heterocycles. The van der Waals surface area contributed by atoms with Crippen LogP contribution in [0.15, 0.2) is 47.4 Å². The van der Waals surface area contributed by atoms with Crippen LogP contribution in [0.2, 0.25) is 0 Å². The summed E-state index contributed by atoms with van der Waals surface area (Å²) in [6.45, 7) is 1.39. The lowest BCUT2D eigenvalue weighted by atomic mass is 9.98. The Labute approximate surface area is 167 Å². The summed E-state index contributed by atoms with van der Waals surface area (Å²) in [6.07, 6.45) is -0.506. The zero-order chi connectivity index (χ0) is 20.4. The van der Waals surface area contributed by atoms with Crippen LogP contribution >= 0.6 is 0 Å². The van der Waals surface area contributed by atoms with E-state index in [1.165, 1.54) is 6.07 Å². The monoisotopic (exact) mass is 416 g/mol. The highest BCUT2D eigenvalue weighted by Crippen LogP contribution is 2.34. The van der Waals surface area contributed by atoms with Crippen molar-refractivity contribution in [3.05, 3.63) is 48.0 Å². The van der Waals surface area contributed by atoms with Crippen molar-refractivity contribution in [3.63, 3.8) is 0 Å². The van der Waals surface area contributed by atoms with Gasteiger partial charge in [0.05, 0.1) is 30.3 Å². The molecule has 0 unspecified atom stereocenters. The van der Waals surface area contributed by atoms with E-state index >= 15 is 0 Å². The summed E-state index contributed by atoms with van der Waals surface area (Å²) in [7, 11) is -3.98. The molecule has 2 aromatic carbocycles. The van der Waals surface area contributed by atoms with Crippen molar-refractivity contribution in [2.45, 2.75) is 23.6 Å². The molecule has 0 spiro atoms. The normalized spacial score (nSPS) is 19.5. The van der Waals surface area contributed by atoms with Gasteiger partial charge in [-0.2, -0.15) is 0 Å². The van der Waals surface area contributed by atoms with Crippen LogP contribution in [-0.2, 0) is 21.3 Å². The molecule has 29 heavy (non-hydrogen) atoms. The van der Waals surface area contributed by atoms with Gasteiger partial charge in [-0.3, -0.25) is 0 Å². The fraction of sp³-hybridized carbons (Fsp3) is 0.278. The molecule has 0 saturated carbocycles. The number of rotatable bonds is 6. The molecule has 0 bridgehead atoms. The number of aliphatic hydroxyl groups is 1. The Kier molecular flexibility index (Phi) is 5.39. The Morgan fingerprint density at radius 1 is 1.21 bits per heavy atom. The highest BCUT2D eigenvalue weighted by atomic mass is 32.2. The van der Waals surface area contributed by atoms with E-state index in [0.29, 0.717) is 30.9 Å². The van der Waals surface area contributed by atoms with Gasteiger partial charge in [0.15, 0.2) is 5.82 Å². The molecule has 0 radical (unpaired) electrons. The van der Waals surface area contributed by atoms with Gasteiger partial charge < -0.3 is 15.2 Å². The number of tetrazole rings is 1. The first-order valence-corrected chi connectivity index (χ1v) is 10.5. The maximum atomic E-state index is 12.1. The predicted octanol–water partition coefficient (Wildman–Crippen LogP) is 0.0304. The summed E-state index contributed by atoms with van der Waals surface area (Å²) in [5.74, 6) is 0.214. The molecular weight excluding hydrogens is 396 g/mol. The largest absolute Gasteiger partial charge is 0.389 e. The van der Waals surface area contributed by atoms with Crippen molar-refractivity contribution in [2.24, 2.45) is 5.14 Å². The lowest BCUT2D eigenvalue weighted by molar-refractivity contribution is 0.122. The van der Waals surface area contributed by atoms with Crippen LogP contribution in [-0.4, -0.2) is 59.5 Å². The van der Waals surface area contributed by atoms with Crippen LogP contribution in [0, 0.1) is 0 Å². The number of hydrogen-bond acceptors (Lipinski definition) is 8. The van der Waals surface area contributed by atoms with Crippen LogP contribution in [0.4, 0.5) is 0 Å². The molecule has 0 aliphatic carbocycles. The molecule has 1 aliphatic heterocycles. The van der Waals surface area contributed by atoms with E-state index in [9.17, 15) is 13.5 Å². The molecule has 11 heteroatoms. The van der Waals surface area contributed by atoms with Crippen LogP contribution in [0.1, 0.15) is 5.56 Å². The zero-order valence-electron chi connectivity index (χ0n) is 15.3. The van der Waals surface area contributed by atoms with E-state index in [4.69, 9.17) is 9.88 Å². The number of ether oxygens (including phenoxy) is 1. The topological polar surface area (TPSA) is 156 Å². The van der Waals surface area contributed by atoms with Gasteiger partial charge in [0.2, 0.25) is 10.0 Å². The second-order valence-corrected chi connectivity index (χ2v) is 8.29. The third-order valence-corrected chi connectivity index (χ3v) is 5.75. The summed E-state index contributed by atoms with van der Waals surface area (Å²) in [4.78, 5) is -0.0606. The fourth-order valence-electron chi connectivity index (χ4n) is 3.31. The minimum Gasteiger partial charge on any atom is -0.389 e. The average molecular weight is 416 g/mol. The summed E-state index contributed by atoms with van der Waals surface area (Å²) in [5.41, 5.74) is 2.75. The molecule has 5 N–H and O–H groups in total. The first kappa shape index (κ1) is 19.6. The number of hydrogen-bond donors (Lipinski definition) is 4. The maximum absolute atomic E-state index is 12.1. The van der Waals surface area contributed by atoms with Crippen LogP contribution in [0.5, 0.6) is 0 Å². The highest BCUT2D eigenvalue weighted by Gasteiger charge is 2.25. The maximum Gasteiger partial charge on any atom is 0.238 e. The van der Waals surface area contributed by atoms with Crippen LogP contribution in [0.25, 0.3) is 22.5 Å². The number of aliphatic hydroxyl groups excluding tert-OH is 1. The highest BCUT2D eigenvalue weighted by molar-refractivity contribution is 7.89. The Hall–Kier alpha value is -2.70. The van der Waals surface area contributed by atoms with E-state index in [1.54, 1.807) is 12.1 Å². The molecule has 0 amide bonds. The minimum absolute atomic E-state index is 0.0606. The molecule has 1 aliphatic rings. The minimum atomic E-state index is -3.98. The lowest BCUT2D eigenvalue weighted by Gasteiger charge is -2.15. The number of aromatic nitrogens is 4. The molecule has 1 aromatic heterocycles. The number of sulfonamides is 1. The predicted molar refractivity (Wildman–Crippen MR) is 104 cm³/mol. The van der Waals surface area contributed by atoms with Gasteiger partial charge in [0, 0.05) is 12.1 Å². The number of nitrogens with one attached hydrogen (secondary N) is 2. The van der Waals surface area contributed by atoms with E-state index in [-0.39, 0.29) is 16.8 Å². The fourth-order valence-corrected chi connectivity index (χ4v) is 4.07. The number of primary sulfonamides is 1. The molecule has 4 rings (SSSR count). The smallest absolute Gasteiger partial charge is 0.238 e. The summed E-state index contributed by atoms with van der Waals surface area (Å²) < 4.78 is 29.4. The molecule has 2 atom stereocenters. The van der Waals surface area contributed by atoms with Crippen molar-refractivity contribution in [2.75, 3.05) is 13.2 Å². The van der Waals surface area contributed by atoms with Crippen LogP contribution in [0.3, 0.4) is 0 Å². The van der Waals surface area contributed by atoms with E-state index < -0.39 is 16.1 Å². The Bertz CT molecular complexity index is 1090. The first-order chi connectivity index (χ1) is 13.9. The average Bonchev–Trinajstić information content (AvgIpc) is 3.37. The van der Waals surface area contributed by atoms with E-state index in [0.717, 1.165) is 11.1 Å². The number of benzene rings is 2. The third kappa shape index (κ3) is 4.18. The van der Waals surface area contributed by atoms with Crippen molar-refractivity contribution in [1.82, 2.24) is 25.9 Å². The summed E-state index contributed by atoms with van der Waals surface area (Å²) in [6, 6.07) is 12.4.